The Morgan fingerprint density at radius 1 is 1.13 bits per heavy atom. The number of nitrogens with zero attached hydrogens (tertiary/aromatic N) is 7. The van der Waals surface area contributed by atoms with E-state index < -0.39 is 23.8 Å². The number of anilines is 1. The molecule has 4 aromatic rings. The van der Waals surface area contributed by atoms with Crippen molar-refractivity contribution >= 4 is 28.3 Å². The molecule has 0 aromatic carbocycles. The van der Waals surface area contributed by atoms with Gasteiger partial charge < -0.3 is 10.6 Å². The number of halogens is 4. The second kappa shape index (κ2) is 12.5. The molecule has 11 nitrogen and oxygen atoms in total. The number of hydrogen-bond donors (Lipinski definition) is 2. The highest BCUT2D eigenvalue weighted by molar-refractivity contribution is 7.15. The number of carbonyl (C=O) groups is 2. The van der Waals surface area contributed by atoms with Gasteiger partial charge in [-0.1, -0.05) is 22.6 Å². The molecule has 0 aliphatic rings. The molecular formula is C23H21F4N9O2S. The summed E-state index contributed by atoms with van der Waals surface area (Å²) in [5, 5.41) is 21.2. The highest BCUT2D eigenvalue weighted by atomic mass is 32.1. The average Bonchev–Trinajstić information content (AvgIpc) is 3.56. The van der Waals surface area contributed by atoms with Gasteiger partial charge in [0, 0.05) is 37.3 Å². The van der Waals surface area contributed by atoms with Crippen molar-refractivity contribution in [3.63, 3.8) is 0 Å². The Morgan fingerprint density at radius 3 is 2.74 bits per heavy atom. The van der Waals surface area contributed by atoms with E-state index in [1.165, 1.54) is 12.4 Å². The Balaban J connectivity index is 1.20. The van der Waals surface area contributed by atoms with Gasteiger partial charge in [-0.15, -0.1) is 15.3 Å². The predicted octanol–water partition coefficient (Wildman–Crippen LogP) is 3.02. The van der Waals surface area contributed by atoms with Crippen LogP contribution in [0.2, 0.25) is 0 Å². The quantitative estimate of drug-likeness (QED) is 0.266. The number of carbonyl (C=O) groups excluding carboxylic acids is 2. The largest absolute Gasteiger partial charge is 0.417 e. The van der Waals surface area contributed by atoms with Crippen molar-refractivity contribution in [1.82, 2.24) is 40.5 Å². The number of nitrogens with one attached hydrogen (secondary N) is 2. The van der Waals surface area contributed by atoms with Gasteiger partial charge in [-0.05, 0) is 30.2 Å². The van der Waals surface area contributed by atoms with E-state index in [2.05, 4.69) is 41.1 Å². The maximum absolute atomic E-state index is 14.5. The molecule has 2 amide bonds. The van der Waals surface area contributed by atoms with Crippen LogP contribution in [0.25, 0.3) is 0 Å². The van der Waals surface area contributed by atoms with E-state index in [-0.39, 0.29) is 49.5 Å². The standard InChI is InChI=1S/C23H21F4N9O2S/c24-16(4-5-20-33-34-22(39-20)31-19(37)8-17-3-1-2-6-29-17)12-36-13-18(32-35-36)21(38)30-10-14-7-15(11-28-9-14)23(25,26)27/h1-3,6-7,9,11,13,16H,4-5,8,10,12H2,(H,30,38)(H,31,34,37). The van der Waals surface area contributed by atoms with Crippen LogP contribution >= 0.6 is 11.3 Å². The third-order valence-electron chi connectivity index (χ3n) is 5.18. The molecule has 4 aromatic heterocycles. The molecule has 4 heterocycles. The summed E-state index contributed by atoms with van der Waals surface area (Å²) in [6, 6.07) is 6.15. The minimum absolute atomic E-state index is 0.0838. The topological polar surface area (TPSA) is 140 Å². The Morgan fingerprint density at radius 2 is 1.97 bits per heavy atom. The first-order valence-electron chi connectivity index (χ1n) is 11.5. The normalized spacial score (nSPS) is 12.2. The van der Waals surface area contributed by atoms with Gasteiger partial charge in [-0.3, -0.25) is 19.6 Å². The molecule has 0 saturated heterocycles. The van der Waals surface area contributed by atoms with Crippen LogP contribution in [0.4, 0.5) is 22.7 Å². The van der Waals surface area contributed by atoms with Crippen LogP contribution in [-0.2, 0) is 36.9 Å². The van der Waals surface area contributed by atoms with E-state index in [0.717, 1.165) is 22.1 Å². The molecule has 0 spiro atoms. The van der Waals surface area contributed by atoms with Gasteiger partial charge in [0.2, 0.25) is 11.0 Å². The summed E-state index contributed by atoms with van der Waals surface area (Å²) in [6.07, 6.45) is -0.722. The first-order valence-corrected chi connectivity index (χ1v) is 12.3. The number of aryl methyl sites for hydroxylation is 1. The highest BCUT2D eigenvalue weighted by Crippen LogP contribution is 2.28. The van der Waals surface area contributed by atoms with Gasteiger partial charge in [-0.2, -0.15) is 13.2 Å². The average molecular weight is 564 g/mol. The predicted molar refractivity (Wildman–Crippen MR) is 130 cm³/mol. The lowest BCUT2D eigenvalue weighted by atomic mass is 10.2. The zero-order chi connectivity index (χ0) is 27.8. The molecule has 204 valence electrons. The lowest BCUT2D eigenvalue weighted by molar-refractivity contribution is -0.137. The van der Waals surface area contributed by atoms with E-state index in [1.54, 1.807) is 24.4 Å². The zero-order valence-electron chi connectivity index (χ0n) is 20.1. The molecule has 0 radical (unpaired) electrons. The van der Waals surface area contributed by atoms with Crippen LogP contribution in [0.1, 0.15) is 38.7 Å². The van der Waals surface area contributed by atoms with Gasteiger partial charge in [-0.25, -0.2) is 9.07 Å². The Kier molecular flexibility index (Phi) is 8.85. The number of hydrogen-bond acceptors (Lipinski definition) is 9. The summed E-state index contributed by atoms with van der Waals surface area (Å²) >= 11 is 1.14. The van der Waals surface area contributed by atoms with Crippen LogP contribution in [0.3, 0.4) is 0 Å². The molecule has 1 unspecified atom stereocenters. The van der Waals surface area contributed by atoms with Crippen molar-refractivity contribution in [2.45, 2.75) is 44.7 Å². The summed E-state index contributed by atoms with van der Waals surface area (Å²) in [7, 11) is 0. The minimum atomic E-state index is -4.55. The molecule has 0 aliphatic heterocycles. The van der Waals surface area contributed by atoms with Gasteiger partial charge in [0.15, 0.2) is 5.69 Å². The fourth-order valence-corrected chi connectivity index (χ4v) is 4.09. The van der Waals surface area contributed by atoms with Crippen LogP contribution in [0.15, 0.2) is 49.1 Å². The molecule has 0 fully saturated rings. The van der Waals surface area contributed by atoms with E-state index in [0.29, 0.717) is 22.0 Å². The van der Waals surface area contributed by atoms with Crippen LogP contribution < -0.4 is 10.6 Å². The molecular weight excluding hydrogens is 542 g/mol. The summed E-state index contributed by atoms with van der Waals surface area (Å²) < 4.78 is 54.1. The van der Waals surface area contributed by atoms with Crippen molar-refractivity contribution < 1.29 is 27.2 Å². The Bertz CT molecular complexity index is 1410. The molecule has 1 atom stereocenters. The van der Waals surface area contributed by atoms with Crippen molar-refractivity contribution in [3.8, 4) is 0 Å². The van der Waals surface area contributed by atoms with Crippen molar-refractivity contribution in [2.75, 3.05) is 5.32 Å². The lowest BCUT2D eigenvalue weighted by Crippen LogP contribution is -2.23. The van der Waals surface area contributed by atoms with Gasteiger partial charge in [0.25, 0.3) is 5.91 Å². The van der Waals surface area contributed by atoms with Crippen molar-refractivity contribution in [3.05, 3.63) is 76.6 Å². The van der Waals surface area contributed by atoms with E-state index in [4.69, 9.17) is 0 Å². The third kappa shape index (κ3) is 8.33. The molecule has 2 N–H and O–H groups in total. The molecule has 16 heteroatoms. The van der Waals surface area contributed by atoms with E-state index in [1.807, 2.05) is 0 Å². The van der Waals surface area contributed by atoms with Crippen LogP contribution in [0, 0.1) is 0 Å². The Labute approximate surface area is 222 Å². The fraction of sp³-hybridized carbons (Fsp3) is 0.304. The second-order valence-electron chi connectivity index (χ2n) is 8.27. The summed E-state index contributed by atoms with van der Waals surface area (Å²) in [5.74, 6) is -0.974. The maximum Gasteiger partial charge on any atom is 0.417 e. The first kappa shape index (κ1) is 27.7. The molecule has 4 rings (SSSR count). The number of alkyl halides is 4. The first-order chi connectivity index (χ1) is 18.7. The highest BCUT2D eigenvalue weighted by Gasteiger charge is 2.31. The lowest BCUT2D eigenvalue weighted by Gasteiger charge is -2.08. The van der Waals surface area contributed by atoms with Gasteiger partial charge >= 0.3 is 6.18 Å². The molecule has 0 saturated carbocycles. The Hall–Kier alpha value is -4.34. The van der Waals surface area contributed by atoms with Gasteiger partial charge in [0.1, 0.15) is 11.2 Å². The minimum Gasteiger partial charge on any atom is -0.346 e. The SMILES string of the molecule is O=C(Cc1ccccn1)Nc1nnc(CCC(F)Cn2cc(C(=O)NCc3cncc(C(F)(F)F)c3)nn2)s1. The number of rotatable bonds is 11. The van der Waals surface area contributed by atoms with E-state index >= 15 is 0 Å². The summed E-state index contributed by atoms with van der Waals surface area (Å²) in [5.41, 5.74) is -0.273. The van der Waals surface area contributed by atoms with Crippen LogP contribution in [0.5, 0.6) is 0 Å². The zero-order valence-corrected chi connectivity index (χ0v) is 20.9. The maximum atomic E-state index is 14.5. The van der Waals surface area contributed by atoms with Crippen molar-refractivity contribution in [1.29, 1.82) is 0 Å². The monoisotopic (exact) mass is 563 g/mol. The summed E-state index contributed by atoms with van der Waals surface area (Å²) in [6.45, 7) is -0.383. The van der Waals surface area contributed by atoms with Crippen LogP contribution in [-0.4, -0.2) is 53.1 Å². The molecule has 0 aliphatic carbocycles. The number of amides is 2. The second-order valence-corrected chi connectivity index (χ2v) is 9.33. The fourth-order valence-electron chi connectivity index (χ4n) is 3.31. The smallest absolute Gasteiger partial charge is 0.346 e. The number of aromatic nitrogens is 7. The molecule has 39 heavy (non-hydrogen) atoms. The van der Waals surface area contributed by atoms with Crippen molar-refractivity contribution in [2.24, 2.45) is 0 Å². The number of pyridine rings is 2. The summed E-state index contributed by atoms with van der Waals surface area (Å²) in [4.78, 5) is 32.0. The third-order valence-corrected chi connectivity index (χ3v) is 6.08. The molecule has 0 bridgehead atoms. The van der Waals surface area contributed by atoms with Gasteiger partial charge in [0.05, 0.1) is 24.7 Å². The van der Waals surface area contributed by atoms with E-state index in [9.17, 15) is 27.2 Å².